The number of carbonyl (C=O) groups is 3. The molecule has 7 heteroatoms. The monoisotopic (exact) mass is 595 g/mol. The van der Waals surface area contributed by atoms with E-state index in [1.54, 1.807) is 6.92 Å². The van der Waals surface area contributed by atoms with Gasteiger partial charge in [0.05, 0.1) is 32.1 Å². The van der Waals surface area contributed by atoms with E-state index in [0.29, 0.717) is 25.8 Å². The van der Waals surface area contributed by atoms with Gasteiger partial charge in [0.15, 0.2) is 0 Å². The minimum Gasteiger partial charge on any atom is -0.550 e. The normalized spacial score (nSPS) is 15.3. The van der Waals surface area contributed by atoms with Gasteiger partial charge in [-0.1, -0.05) is 124 Å². The van der Waals surface area contributed by atoms with Crippen molar-refractivity contribution in [3.05, 3.63) is 12.2 Å². The first-order valence-corrected chi connectivity index (χ1v) is 17.3. The predicted molar refractivity (Wildman–Crippen MR) is 170 cm³/mol. The van der Waals surface area contributed by atoms with E-state index < -0.39 is 35.7 Å². The smallest absolute Gasteiger partial charge is 0.312 e. The maximum absolute atomic E-state index is 12.0. The molecular formula is C35H65NO6. The van der Waals surface area contributed by atoms with Crippen molar-refractivity contribution in [2.75, 3.05) is 26.2 Å². The van der Waals surface area contributed by atoms with Crippen molar-refractivity contribution in [1.29, 1.82) is 0 Å². The number of hydrogen-bond donors (Lipinski definition) is 2. The highest BCUT2D eigenvalue weighted by molar-refractivity contribution is 5.71. The summed E-state index contributed by atoms with van der Waals surface area (Å²) in [6.45, 7) is 8.69. The third kappa shape index (κ3) is 19.3. The van der Waals surface area contributed by atoms with Gasteiger partial charge in [0, 0.05) is 5.92 Å². The van der Waals surface area contributed by atoms with E-state index in [0.717, 1.165) is 12.8 Å². The van der Waals surface area contributed by atoms with Crippen molar-refractivity contribution in [2.24, 2.45) is 17.8 Å². The number of unbranched alkanes of at least 4 members (excludes halogenated alkanes) is 15. The molecule has 0 aliphatic carbocycles. The molecule has 3 unspecified atom stereocenters. The van der Waals surface area contributed by atoms with Crippen molar-refractivity contribution < 1.29 is 34.2 Å². The molecular weight excluding hydrogens is 530 g/mol. The van der Waals surface area contributed by atoms with Crippen LogP contribution in [0.5, 0.6) is 0 Å². The van der Waals surface area contributed by atoms with E-state index in [1.165, 1.54) is 89.9 Å². The van der Waals surface area contributed by atoms with Gasteiger partial charge in [0.25, 0.3) is 0 Å². The maximum Gasteiger partial charge on any atom is 0.312 e. The second kappa shape index (κ2) is 25.6. The van der Waals surface area contributed by atoms with Crippen LogP contribution in [0.3, 0.4) is 0 Å². The van der Waals surface area contributed by atoms with Crippen LogP contribution in [0.2, 0.25) is 0 Å². The lowest BCUT2D eigenvalue weighted by Gasteiger charge is -2.43. The Balaban J connectivity index is 4.78. The van der Waals surface area contributed by atoms with Crippen molar-refractivity contribution >= 4 is 17.9 Å². The topological polar surface area (TPSA) is 115 Å². The molecule has 42 heavy (non-hydrogen) atoms. The van der Waals surface area contributed by atoms with Gasteiger partial charge in [-0.25, -0.2) is 0 Å². The Morgan fingerprint density at radius 3 is 1.26 bits per heavy atom. The van der Waals surface area contributed by atoms with Crippen LogP contribution in [0.4, 0.5) is 0 Å². The quantitative estimate of drug-likeness (QED) is 0.0501. The van der Waals surface area contributed by atoms with Crippen LogP contribution in [0.1, 0.15) is 150 Å². The van der Waals surface area contributed by atoms with Crippen LogP contribution >= 0.6 is 0 Å². The number of aliphatic carboxylic acids is 3. The number of hydrogen-bond acceptors (Lipinski definition) is 4. The van der Waals surface area contributed by atoms with Crippen LogP contribution in [-0.4, -0.2) is 58.8 Å². The van der Waals surface area contributed by atoms with Gasteiger partial charge in [0.2, 0.25) is 0 Å². The molecule has 0 saturated heterocycles. The zero-order valence-corrected chi connectivity index (χ0v) is 27.6. The van der Waals surface area contributed by atoms with Crippen LogP contribution < -0.4 is 5.11 Å². The summed E-state index contributed by atoms with van der Waals surface area (Å²) in [7, 11) is 0. The molecule has 0 radical (unpaired) electrons. The molecule has 0 aliphatic heterocycles. The number of nitrogens with zero attached hydrogens (tertiary/aromatic N) is 1. The molecule has 246 valence electrons. The Labute approximate surface area is 257 Å². The summed E-state index contributed by atoms with van der Waals surface area (Å²) < 4.78 is 0.136. The molecule has 0 bridgehead atoms. The van der Waals surface area contributed by atoms with E-state index in [2.05, 4.69) is 13.0 Å². The highest BCUT2D eigenvalue weighted by atomic mass is 16.4. The van der Waals surface area contributed by atoms with Crippen molar-refractivity contribution in [3.8, 4) is 0 Å². The van der Waals surface area contributed by atoms with Gasteiger partial charge in [-0.2, -0.15) is 0 Å². The fourth-order valence-electron chi connectivity index (χ4n) is 6.03. The molecule has 0 spiro atoms. The van der Waals surface area contributed by atoms with Crippen molar-refractivity contribution in [1.82, 2.24) is 0 Å². The molecule has 0 saturated carbocycles. The summed E-state index contributed by atoms with van der Waals surface area (Å²) in [4.78, 5) is 35.8. The fraction of sp³-hybridized carbons (Fsp3) is 0.857. The highest BCUT2D eigenvalue weighted by Gasteiger charge is 2.38. The molecule has 0 aromatic heterocycles. The lowest BCUT2D eigenvalue weighted by Crippen LogP contribution is -2.59. The van der Waals surface area contributed by atoms with E-state index in [1.807, 2.05) is 19.9 Å². The Hall–Kier alpha value is -1.89. The van der Waals surface area contributed by atoms with Crippen molar-refractivity contribution in [3.63, 3.8) is 0 Å². The Bertz CT molecular complexity index is 677. The summed E-state index contributed by atoms with van der Waals surface area (Å²) >= 11 is 0. The van der Waals surface area contributed by atoms with Crippen molar-refractivity contribution in [2.45, 2.75) is 150 Å². The van der Waals surface area contributed by atoms with Crippen LogP contribution in [0.25, 0.3) is 0 Å². The first kappa shape index (κ1) is 40.1. The van der Waals surface area contributed by atoms with Gasteiger partial charge in [0.1, 0.15) is 11.8 Å². The molecule has 0 heterocycles. The second-order valence-electron chi connectivity index (χ2n) is 12.6. The van der Waals surface area contributed by atoms with Gasteiger partial charge < -0.3 is 24.6 Å². The number of allylic oxidation sites excluding steroid dienone is 1. The van der Waals surface area contributed by atoms with Crippen LogP contribution in [0, 0.1) is 17.8 Å². The lowest BCUT2D eigenvalue weighted by atomic mass is 9.96. The predicted octanol–water partition coefficient (Wildman–Crippen LogP) is 7.62. The van der Waals surface area contributed by atoms with Gasteiger partial charge in [-0.15, -0.1) is 0 Å². The fourth-order valence-corrected chi connectivity index (χ4v) is 6.03. The Morgan fingerprint density at radius 2 is 0.929 bits per heavy atom. The number of carbonyl (C=O) groups excluding carboxylic acids is 1. The Morgan fingerprint density at radius 1 is 0.571 bits per heavy atom. The van der Waals surface area contributed by atoms with E-state index >= 15 is 0 Å². The molecule has 0 amide bonds. The molecule has 7 nitrogen and oxygen atoms in total. The molecule has 0 aliphatic rings. The zero-order chi connectivity index (χ0) is 31.6. The highest BCUT2D eigenvalue weighted by Crippen LogP contribution is 2.24. The number of carboxylic acid groups (broad SMARTS) is 3. The summed E-state index contributed by atoms with van der Waals surface area (Å²) in [5.41, 5.74) is 0. The number of quaternary nitrogens is 1. The Kier molecular flexibility index (Phi) is 24.4. The maximum atomic E-state index is 12.0. The standard InChI is InChI=1S/C35H65NO6/c1-5-9-10-11-12-13-14-15-16-17-18-19-20-21-22-23-24-25-26-36(27-30(6-2)33(37)38,28-31(7-3)34(39)40)29-32(8-4)35(41)42/h24-25,30-32H,5-23,26-29H2,1-4H3,(H2-,37,38,39,40,41,42)/b25-24+. The van der Waals surface area contributed by atoms with Gasteiger partial charge in [-0.3, -0.25) is 9.59 Å². The lowest BCUT2D eigenvalue weighted by molar-refractivity contribution is -0.929. The largest absolute Gasteiger partial charge is 0.550 e. The summed E-state index contributed by atoms with van der Waals surface area (Å²) in [5, 5.41) is 31.4. The average Bonchev–Trinajstić information content (AvgIpc) is 2.96. The first-order valence-electron chi connectivity index (χ1n) is 17.3. The summed E-state index contributed by atoms with van der Waals surface area (Å²) in [5.74, 6) is -5.10. The third-order valence-electron chi connectivity index (χ3n) is 8.97. The van der Waals surface area contributed by atoms with Gasteiger partial charge in [-0.05, 0) is 38.2 Å². The molecule has 0 rings (SSSR count). The molecule has 0 aromatic carbocycles. The van der Waals surface area contributed by atoms with E-state index in [4.69, 9.17) is 0 Å². The minimum absolute atomic E-state index is 0.136. The van der Waals surface area contributed by atoms with Crippen LogP contribution in [0.15, 0.2) is 12.2 Å². The van der Waals surface area contributed by atoms with Gasteiger partial charge >= 0.3 is 11.9 Å². The van der Waals surface area contributed by atoms with E-state index in [9.17, 15) is 29.7 Å². The third-order valence-corrected chi connectivity index (χ3v) is 8.97. The summed E-state index contributed by atoms with van der Waals surface area (Å²) in [6, 6.07) is 0. The zero-order valence-electron chi connectivity index (χ0n) is 27.6. The molecule has 0 fully saturated rings. The molecule has 3 atom stereocenters. The SMILES string of the molecule is CCCCCCCCCCCCCCCCC/C=C/C[N+](CC(CC)C(=O)[O-])(CC(CC)C(=O)O)CC(CC)C(=O)O. The molecule has 0 aromatic rings. The number of carboxylic acids is 3. The minimum atomic E-state index is -1.16. The van der Waals surface area contributed by atoms with Crippen LogP contribution in [-0.2, 0) is 14.4 Å². The second-order valence-corrected chi connectivity index (χ2v) is 12.6. The van der Waals surface area contributed by atoms with E-state index in [-0.39, 0.29) is 24.1 Å². The number of rotatable bonds is 30. The first-order chi connectivity index (χ1) is 20.2. The average molecular weight is 596 g/mol. The molecule has 2 N–H and O–H groups in total. The summed E-state index contributed by atoms with van der Waals surface area (Å²) in [6.07, 6.45) is 26.1.